The number of aromatic nitrogens is 1. The second-order valence-corrected chi connectivity index (χ2v) is 13.6. The van der Waals surface area contributed by atoms with Crippen LogP contribution in [0.25, 0.3) is 10.2 Å². The maximum absolute atomic E-state index is 13.5. The van der Waals surface area contributed by atoms with E-state index in [9.17, 15) is 18.0 Å². The van der Waals surface area contributed by atoms with Crippen LogP contribution in [0, 0.1) is 0 Å². The summed E-state index contributed by atoms with van der Waals surface area (Å²) in [6.07, 6.45) is 1.75. The fraction of sp³-hybridized carbons (Fsp3) is 0.458. The Labute approximate surface area is 223 Å². The van der Waals surface area contributed by atoms with E-state index in [0.717, 1.165) is 33.5 Å². The maximum atomic E-state index is 13.5. The second-order valence-electron chi connectivity index (χ2n) is 8.79. The summed E-state index contributed by atoms with van der Waals surface area (Å²) in [5.41, 5.74) is 1.90. The summed E-state index contributed by atoms with van der Waals surface area (Å²) in [4.78, 5) is 30.5. The Morgan fingerprint density at radius 1 is 1.19 bits per heavy atom. The lowest BCUT2D eigenvalue weighted by atomic mass is 10.0. The van der Waals surface area contributed by atoms with E-state index in [1.165, 1.54) is 27.8 Å². The average Bonchev–Trinajstić information content (AvgIpc) is 3.42. The molecule has 36 heavy (non-hydrogen) atoms. The number of fused-ring (bicyclic) bond motifs is 1. The number of esters is 1. The number of amides is 1. The molecule has 194 valence electrons. The highest BCUT2D eigenvalue weighted by Gasteiger charge is 2.38. The topological polar surface area (TPSA) is 98.0 Å². The molecule has 1 aromatic carbocycles. The molecule has 1 aliphatic heterocycles. The highest BCUT2D eigenvalue weighted by molar-refractivity contribution is 7.91. The predicted molar refractivity (Wildman–Crippen MR) is 142 cm³/mol. The molecule has 1 fully saturated rings. The maximum Gasteiger partial charge on any atom is 0.326 e. The molecule has 3 aromatic rings. The minimum atomic E-state index is -3.89. The lowest BCUT2D eigenvalue weighted by molar-refractivity contribution is -0.143. The lowest BCUT2D eigenvalue weighted by Gasteiger charge is -2.31. The fourth-order valence-corrected chi connectivity index (χ4v) is 8.53. The number of carbonyl (C=O) groups excluding carboxylic acids is 2. The van der Waals surface area contributed by atoms with E-state index < -0.39 is 27.9 Å². The van der Waals surface area contributed by atoms with E-state index >= 15 is 0 Å². The highest BCUT2D eigenvalue weighted by Crippen LogP contribution is 2.32. The number of halogens is 1. The molecule has 3 heterocycles. The lowest BCUT2D eigenvalue weighted by Crippen LogP contribution is -2.47. The normalized spacial score (nSPS) is 17.7. The number of piperidine rings is 1. The summed E-state index contributed by atoms with van der Waals surface area (Å²) in [5.74, 6) is -0.673. The summed E-state index contributed by atoms with van der Waals surface area (Å²) in [6, 6.07) is 8.02. The van der Waals surface area contributed by atoms with Crippen molar-refractivity contribution in [2.75, 3.05) is 13.2 Å². The molecule has 0 spiro atoms. The van der Waals surface area contributed by atoms with E-state index in [0.29, 0.717) is 27.9 Å². The van der Waals surface area contributed by atoms with Gasteiger partial charge in [0.1, 0.15) is 16.8 Å². The summed E-state index contributed by atoms with van der Waals surface area (Å²) in [5, 5.41) is 0. The van der Waals surface area contributed by atoms with Gasteiger partial charge >= 0.3 is 5.97 Å². The average molecular weight is 570 g/mol. The third-order valence-corrected chi connectivity index (χ3v) is 10.7. The Kier molecular flexibility index (Phi) is 8.35. The first-order valence-corrected chi connectivity index (χ1v) is 15.2. The molecule has 2 aromatic heterocycles. The van der Waals surface area contributed by atoms with Gasteiger partial charge in [0.05, 0.1) is 21.2 Å². The molecule has 0 saturated carbocycles. The van der Waals surface area contributed by atoms with E-state index in [1.807, 2.05) is 18.2 Å². The Morgan fingerprint density at radius 3 is 2.64 bits per heavy atom. The van der Waals surface area contributed by atoms with Gasteiger partial charge in [-0.15, -0.1) is 11.3 Å². The minimum absolute atomic E-state index is 0.0959. The molecule has 12 heteroatoms. The molecule has 1 unspecified atom stereocenters. The predicted octanol–water partition coefficient (Wildman–Crippen LogP) is 4.77. The van der Waals surface area contributed by atoms with Crippen LogP contribution in [0.3, 0.4) is 0 Å². The number of hydrogen-bond acceptors (Lipinski definition) is 7. The number of ether oxygens (including phenoxy) is 1. The van der Waals surface area contributed by atoms with Gasteiger partial charge in [-0.1, -0.05) is 49.3 Å². The van der Waals surface area contributed by atoms with Crippen LogP contribution in [0.5, 0.6) is 0 Å². The van der Waals surface area contributed by atoms with E-state index in [4.69, 9.17) is 16.3 Å². The highest BCUT2D eigenvalue weighted by atomic mass is 35.5. The van der Waals surface area contributed by atoms with E-state index in [2.05, 4.69) is 18.8 Å². The van der Waals surface area contributed by atoms with Gasteiger partial charge in [-0.25, -0.2) is 8.42 Å². The molecule has 0 N–H and O–H groups in total. The third kappa shape index (κ3) is 5.60. The molecule has 1 saturated heterocycles. The first-order valence-electron chi connectivity index (χ1n) is 11.8. The number of benzene rings is 1. The van der Waals surface area contributed by atoms with Crippen molar-refractivity contribution < 1.29 is 22.7 Å². The zero-order chi connectivity index (χ0) is 26.0. The molecule has 1 atom stereocenters. The Hall–Kier alpha value is -2.05. The van der Waals surface area contributed by atoms with Crippen molar-refractivity contribution in [3.05, 3.63) is 45.0 Å². The van der Waals surface area contributed by atoms with Crippen molar-refractivity contribution in [1.29, 1.82) is 0 Å². The van der Waals surface area contributed by atoms with Gasteiger partial charge in [0.15, 0.2) is 4.80 Å². The molecule has 1 amide bonds. The molecule has 4 rings (SSSR count). The number of rotatable bonds is 7. The molecule has 0 radical (unpaired) electrons. The van der Waals surface area contributed by atoms with Gasteiger partial charge in [-0.2, -0.15) is 9.30 Å². The van der Waals surface area contributed by atoms with Gasteiger partial charge in [0.2, 0.25) is 0 Å². The van der Waals surface area contributed by atoms with Crippen molar-refractivity contribution in [3.8, 4) is 0 Å². The fourth-order valence-electron chi connectivity index (χ4n) is 4.18. The van der Waals surface area contributed by atoms with Crippen LogP contribution < -0.4 is 4.80 Å². The smallest absolute Gasteiger partial charge is 0.326 e. The summed E-state index contributed by atoms with van der Waals surface area (Å²) in [6.45, 7) is 6.30. The van der Waals surface area contributed by atoms with Crippen molar-refractivity contribution in [2.24, 2.45) is 4.99 Å². The standard InChI is InChI=1S/C24H28ClN3O5S3/c1-4-33-21(29)14-27-17-9-8-16(15(2)3)13-19(17)34-24(27)26-23(30)18-7-5-6-12-28(18)36(31,32)22-11-10-20(25)35-22/h8-11,13,15,18H,4-7,12,14H2,1-3H3. The number of carbonyl (C=O) groups is 2. The Balaban J connectivity index is 1.76. The molecular formula is C24H28ClN3O5S3. The second kappa shape index (κ2) is 11.1. The number of thiophene rings is 1. The third-order valence-electron chi connectivity index (χ3n) is 6.02. The largest absolute Gasteiger partial charge is 0.465 e. The number of nitrogens with zero attached hydrogens (tertiary/aromatic N) is 3. The van der Waals surface area contributed by atoms with E-state index in [1.54, 1.807) is 11.5 Å². The van der Waals surface area contributed by atoms with Crippen LogP contribution in [0.4, 0.5) is 0 Å². The van der Waals surface area contributed by atoms with Crippen molar-refractivity contribution in [3.63, 3.8) is 0 Å². The van der Waals surface area contributed by atoms with Gasteiger partial charge < -0.3 is 9.30 Å². The SMILES string of the molecule is CCOC(=O)Cn1c(=NC(=O)C2CCCCN2S(=O)(=O)c2ccc(Cl)s2)sc2cc(C(C)C)ccc21. The summed E-state index contributed by atoms with van der Waals surface area (Å²) >= 11 is 8.24. The number of hydrogen-bond donors (Lipinski definition) is 0. The van der Waals surface area contributed by atoms with Gasteiger partial charge in [0.25, 0.3) is 15.9 Å². The van der Waals surface area contributed by atoms with Crippen molar-refractivity contribution >= 4 is 66.4 Å². The zero-order valence-corrected chi connectivity index (χ0v) is 23.5. The van der Waals surface area contributed by atoms with Crippen LogP contribution in [0.1, 0.15) is 51.5 Å². The molecule has 0 aliphatic carbocycles. The van der Waals surface area contributed by atoms with Gasteiger partial charge in [0, 0.05) is 6.54 Å². The van der Waals surface area contributed by atoms with Crippen molar-refractivity contribution in [2.45, 2.75) is 62.7 Å². The van der Waals surface area contributed by atoms with E-state index in [-0.39, 0.29) is 23.9 Å². The van der Waals surface area contributed by atoms with Crippen molar-refractivity contribution in [1.82, 2.24) is 8.87 Å². The molecular weight excluding hydrogens is 542 g/mol. The molecule has 8 nitrogen and oxygen atoms in total. The van der Waals surface area contributed by atoms with Gasteiger partial charge in [-0.3, -0.25) is 9.59 Å². The van der Waals surface area contributed by atoms with Crippen LogP contribution in [0.2, 0.25) is 4.34 Å². The van der Waals surface area contributed by atoms with Crippen LogP contribution in [-0.2, 0) is 30.9 Å². The summed E-state index contributed by atoms with van der Waals surface area (Å²) < 4.78 is 36.0. The monoisotopic (exact) mass is 569 g/mol. The van der Waals surface area contributed by atoms with Gasteiger partial charge in [-0.05, 0) is 55.5 Å². The zero-order valence-electron chi connectivity index (χ0n) is 20.3. The first-order chi connectivity index (χ1) is 17.1. The van der Waals surface area contributed by atoms with Crippen LogP contribution in [0.15, 0.2) is 39.5 Å². The first kappa shape index (κ1) is 27.0. The summed E-state index contributed by atoms with van der Waals surface area (Å²) in [7, 11) is -3.89. The van der Waals surface area contributed by atoms with Crippen LogP contribution >= 0.6 is 34.3 Å². The molecule has 0 bridgehead atoms. The number of thiazole rings is 1. The Morgan fingerprint density at radius 2 is 1.97 bits per heavy atom. The number of sulfonamides is 1. The quantitative estimate of drug-likeness (QED) is 0.382. The Bertz CT molecular complexity index is 1450. The molecule has 1 aliphatic rings. The van der Waals surface area contributed by atoms with Crippen LogP contribution in [-0.4, -0.2) is 48.4 Å². The minimum Gasteiger partial charge on any atom is -0.465 e.